The zero-order chi connectivity index (χ0) is 20.2. The molecule has 0 saturated carbocycles. The van der Waals surface area contributed by atoms with Gasteiger partial charge < -0.3 is 0 Å². The van der Waals surface area contributed by atoms with E-state index in [-0.39, 0.29) is 10.7 Å². The lowest BCUT2D eigenvalue weighted by atomic mass is 10.0. The molecule has 0 fully saturated rings. The van der Waals surface area contributed by atoms with Crippen LogP contribution >= 0.6 is 0 Å². The molecule has 0 saturated heterocycles. The number of hydrazine groups is 1. The van der Waals surface area contributed by atoms with Crippen LogP contribution < -0.4 is 5.43 Å². The largest absolute Gasteiger partial charge is 0.288 e. The van der Waals surface area contributed by atoms with Crippen LogP contribution in [0.25, 0.3) is 33.4 Å². The Balaban J connectivity index is 1.72. The third-order valence-electron chi connectivity index (χ3n) is 4.69. The Hall–Kier alpha value is -3.50. The van der Waals surface area contributed by atoms with Crippen molar-refractivity contribution in [3.05, 3.63) is 60.9 Å². The predicted octanol–water partition coefficient (Wildman–Crippen LogP) is 2.85. The first-order chi connectivity index (χ1) is 13.9. The van der Waals surface area contributed by atoms with Crippen LogP contribution in [0.2, 0.25) is 0 Å². The molecule has 0 aliphatic carbocycles. The van der Waals surface area contributed by atoms with E-state index in [0.29, 0.717) is 33.4 Å². The van der Waals surface area contributed by atoms with Gasteiger partial charge in [0.15, 0.2) is 11.6 Å². The molecule has 144 valence electrons. The molecule has 29 heavy (non-hydrogen) atoms. The molecule has 0 radical (unpaired) electrons. The van der Waals surface area contributed by atoms with E-state index >= 15 is 0 Å². The summed E-state index contributed by atoms with van der Waals surface area (Å²) in [6.45, 7) is 0. The molecule has 1 N–H and O–H groups in total. The van der Waals surface area contributed by atoms with Crippen molar-refractivity contribution in [2.24, 2.45) is 0 Å². The summed E-state index contributed by atoms with van der Waals surface area (Å²) in [6.07, 6.45) is 5.82. The molecule has 1 aliphatic heterocycles. The molecule has 4 aromatic heterocycles. The summed E-state index contributed by atoms with van der Waals surface area (Å²) < 4.78 is 40.4. The molecule has 1 aliphatic rings. The van der Waals surface area contributed by atoms with Crippen LogP contribution in [0.1, 0.15) is 0 Å². The van der Waals surface area contributed by atoms with Crippen molar-refractivity contribution in [2.45, 2.75) is 4.90 Å². The molecule has 0 unspecified atom stereocenters. The number of pyridine rings is 4. The van der Waals surface area contributed by atoms with Gasteiger partial charge in [-0.3, -0.25) is 15.4 Å². The van der Waals surface area contributed by atoms with Gasteiger partial charge in [-0.25, -0.2) is 22.8 Å². The summed E-state index contributed by atoms with van der Waals surface area (Å²) in [5.41, 5.74) is 5.45. The van der Waals surface area contributed by atoms with Gasteiger partial charge in [0.2, 0.25) is 0 Å². The van der Waals surface area contributed by atoms with Gasteiger partial charge in [-0.15, -0.1) is 4.41 Å². The topological polar surface area (TPSA) is 101 Å². The minimum atomic E-state index is -3.66. The zero-order valence-electron chi connectivity index (χ0n) is 15.0. The van der Waals surface area contributed by atoms with Crippen LogP contribution in [0.3, 0.4) is 0 Å². The lowest BCUT2D eigenvalue weighted by Crippen LogP contribution is -2.24. The average Bonchev–Trinajstić information content (AvgIpc) is 2.96. The van der Waals surface area contributed by atoms with Crippen molar-refractivity contribution in [2.75, 3.05) is 12.5 Å². The Labute approximate surface area is 165 Å². The highest BCUT2D eigenvalue weighted by Gasteiger charge is 2.33. The Bertz CT molecular complexity index is 1380. The van der Waals surface area contributed by atoms with E-state index in [2.05, 4.69) is 25.4 Å². The van der Waals surface area contributed by atoms with E-state index in [0.717, 1.165) is 10.6 Å². The summed E-state index contributed by atoms with van der Waals surface area (Å²) in [7, 11) is -2.26. The standard InChI is InChI=1S/C19H13FN6O2S/c1-26-25-19-16(29(26,27)28)8-12(9-23-19)14-2-3-15-18(24-14)17(13(20)10-22-15)11-4-6-21-7-5-11/h2-10H,1H3,(H,23,25). The van der Waals surface area contributed by atoms with Crippen LogP contribution in [0.15, 0.2) is 60.0 Å². The number of sulfonamides is 1. The minimum absolute atomic E-state index is 0.0612. The Morgan fingerprint density at radius 1 is 1.03 bits per heavy atom. The number of rotatable bonds is 2. The number of fused-ring (bicyclic) bond motifs is 2. The van der Waals surface area contributed by atoms with Crippen molar-refractivity contribution < 1.29 is 12.8 Å². The fraction of sp³-hybridized carbons (Fsp3) is 0.0526. The third-order valence-corrected chi connectivity index (χ3v) is 6.37. The third kappa shape index (κ3) is 2.72. The van der Waals surface area contributed by atoms with Crippen LogP contribution in [-0.4, -0.2) is 39.8 Å². The average molecular weight is 408 g/mol. The van der Waals surface area contributed by atoms with E-state index in [9.17, 15) is 12.8 Å². The van der Waals surface area contributed by atoms with Crippen molar-refractivity contribution in [1.82, 2.24) is 24.4 Å². The first-order valence-corrected chi connectivity index (χ1v) is 10.0. The molecule has 0 bridgehead atoms. The monoisotopic (exact) mass is 408 g/mol. The molecule has 0 spiro atoms. The summed E-state index contributed by atoms with van der Waals surface area (Å²) in [4.78, 5) is 16.9. The molecular weight excluding hydrogens is 395 g/mol. The van der Waals surface area contributed by atoms with Crippen LogP contribution in [-0.2, 0) is 10.0 Å². The molecular formula is C19H13FN6O2S. The number of anilines is 1. The van der Waals surface area contributed by atoms with Gasteiger partial charge in [-0.1, -0.05) is 0 Å². The summed E-state index contributed by atoms with van der Waals surface area (Å²) in [5.74, 6) is -0.254. The number of hydrogen-bond donors (Lipinski definition) is 1. The minimum Gasteiger partial charge on any atom is -0.288 e. The zero-order valence-corrected chi connectivity index (χ0v) is 15.9. The second kappa shape index (κ2) is 6.26. The van der Waals surface area contributed by atoms with Gasteiger partial charge in [0.05, 0.1) is 17.4 Å². The molecule has 5 rings (SSSR count). The van der Waals surface area contributed by atoms with Crippen LogP contribution in [0.4, 0.5) is 10.2 Å². The lowest BCUT2D eigenvalue weighted by molar-refractivity contribution is 0.529. The Kier molecular flexibility index (Phi) is 3.80. The summed E-state index contributed by atoms with van der Waals surface area (Å²) in [6, 6.07) is 8.30. The van der Waals surface area contributed by atoms with Crippen molar-refractivity contribution in [3.63, 3.8) is 0 Å². The number of aromatic nitrogens is 4. The van der Waals surface area contributed by atoms with Gasteiger partial charge in [0, 0.05) is 36.8 Å². The molecule has 0 amide bonds. The molecule has 5 heterocycles. The summed E-state index contributed by atoms with van der Waals surface area (Å²) in [5, 5.41) is 0. The maximum Gasteiger partial charge on any atom is 0.263 e. The van der Waals surface area contributed by atoms with E-state index in [1.54, 1.807) is 36.7 Å². The second-order valence-electron chi connectivity index (χ2n) is 6.44. The number of halogens is 1. The smallest absolute Gasteiger partial charge is 0.263 e. The van der Waals surface area contributed by atoms with Gasteiger partial charge in [0.25, 0.3) is 10.0 Å². The first-order valence-electron chi connectivity index (χ1n) is 8.57. The Morgan fingerprint density at radius 3 is 2.62 bits per heavy atom. The highest BCUT2D eigenvalue weighted by molar-refractivity contribution is 7.89. The highest BCUT2D eigenvalue weighted by Crippen LogP contribution is 2.34. The maximum absolute atomic E-state index is 14.6. The fourth-order valence-corrected chi connectivity index (χ4v) is 4.34. The van der Waals surface area contributed by atoms with Crippen molar-refractivity contribution in [3.8, 4) is 22.4 Å². The van der Waals surface area contributed by atoms with Crippen LogP contribution in [0.5, 0.6) is 0 Å². The number of hydrogen-bond acceptors (Lipinski definition) is 7. The fourth-order valence-electron chi connectivity index (χ4n) is 3.22. The van der Waals surface area contributed by atoms with Crippen molar-refractivity contribution >= 4 is 26.9 Å². The molecule has 8 nitrogen and oxygen atoms in total. The molecule has 4 aromatic rings. The quantitative estimate of drug-likeness (QED) is 0.544. The molecule has 0 atom stereocenters. The second-order valence-corrected chi connectivity index (χ2v) is 8.37. The number of nitrogens with one attached hydrogen (secondary N) is 1. The molecule has 10 heteroatoms. The van der Waals surface area contributed by atoms with E-state index in [1.165, 1.54) is 19.3 Å². The lowest BCUT2D eigenvalue weighted by Gasteiger charge is -2.09. The predicted molar refractivity (Wildman–Crippen MR) is 105 cm³/mol. The first kappa shape index (κ1) is 17.6. The summed E-state index contributed by atoms with van der Waals surface area (Å²) >= 11 is 0. The Morgan fingerprint density at radius 2 is 1.83 bits per heavy atom. The van der Waals surface area contributed by atoms with E-state index < -0.39 is 15.8 Å². The van der Waals surface area contributed by atoms with Crippen molar-refractivity contribution in [1.29, 1.82) is 0 Å². The maximum atomic E-state index is 14.6. The van der Waals surface area contributed by atoms with E-state index in [1.807, 2.05) is 0 Å². The SMILES string of the molecule is CN1Nc2ncc(-c3ccc4ncc(F)c(-c5ccncc5)c4n3)cc2S1(=O)=O. The van der Waals surface area contributed by atoms with Crippen LogP contribution in [0, 0.1) is 5.82 Å². The number of nitrogens with zero attached hydrogens (tertiary/aromatic N) is 5. The van der Waals surface area contributed by atoms with Gasteiger partial charge in [-0.05, 0) is 35.9 Å². The normalized spacial score (nSPS) is 15.2. The molecule has 0 aromatic carbocycles. The highest BCUT2D eigenvalue weighted by atomic mass is 32.2. The van der Waals surface area contributed by atoms with Gasteiger partial charge in [-0.2, -0.15) is 0 Å². The van der Waals surface area contributed by atoms with Gasteiger partial charge >= 0.3 is 0 Å². The van der Waals surface area contributed by atoms with Gasteiger partial charge in [0.1, 0.15) is 10.4 Å². The van der Waals surface area contributed by atoms with E-state index in [4.69, 9.17) is 0 Å².